The summed E-state index contributed by atoms with van der Waals surface area (Å²) < 4.78 is 0. The van der Waals surface area contributed by atoms with Crippen LogP contribution in [0.5, 0.6) is 0 Å². The summed E-state index contributed by atoms with van der Waals surface area (Å²) in [5, 5.41) is 3.43. The van der Waals surface area contributed by atoms with Gasteiger partial charge in [-0.25, -0.2) is 0 Å². The van der Waals surface area contributed by atoms with E-state index in [1.807, 2.05) is 0 Å². The minimum absolute atomic E-state index is 0.385. The van der Waals surface area contributed by atoms with Crippen LogP contribution >= 0.6 is 0 Å². The van der Waals surface area contributed by atoms with Crippen LogP contribution in [0.1, 0.15) is 50.7 Å². The maximum Gasteiger partial charge on any atom is -0.00431 e. The summed E-state index contributed by atoms with van der Waals surface area (Å²) in [6.45, 7) is 9.25. The molecule has 0 spiro atoms. The van der Waals surface area contributed by atoms with Gasteiger partial charge in [-0.05, 0) is 54.8 Å². The number of piperidine rings is 1. The smallest absolute Gasteiger partial charge is 0.00431 e. The van der Waals surface area contributed by atoms with Gasteiger partial charge in [0.25, 0.3) is 0 Å². The van der Waals surface area contributed by atoms with Crippen LogP contribution in [0.2, 0.25) is 0 Å². The van der Waals surface area contributed by atoms with Gasteiger partial charge in [0.1, 0.15) is 0 Å². The maximum atomic E-state index is 3.43. The first-order valence-corrected chi connectivity index (χ1v) is 6.84. The van der Waals surface area contributed by atoms with Gasteiger partial charge in [-0.1, -0.05) is 45.0 Å². The summed E-state index contributed by atoms with van der Waals surface area (Å²) in [4.78, 5) is 0. The van der Waals surface area contributed by atoms with E-state index in [0.717, 1.165) is 5.92 Å². The van der Waals surface area contributed by atoms with Crippen molar-refractivity contribution in [2.75, 3.05) is 13.1 Å². The van der Waals surface area contributed by atoms with Crippen LogP contribution < -0.4 is 5.32 Å². The van der Waals surface area contributed by atoms with Crippen molar-refractivity contribution in [3.63, 3.8) is 0 Å². The Morgan fingerprint density at radius 2 is 1.65 bits per heavy atom. The fourth-order valence-electron chi connectivity index (χ4n) is 2.68. The van der Waals surface area contributed by atoms with E-state index in [1.54, 1.807) is 0 Å². The molecule has 0 aliphatic carbocycles. The number of hydrogen-bond acceptors (Lipinski definition) is 1. The monoisotopic (exact) mass is 231 g/mol. The Hall–Kier alpha value is -0.820. The molecular formula is C16H25N. The lowest BCUT2D eigenvalue weighted by molar-refractivity contribution is 0.411. The normalized spacial score (nSPS) is 18.3. The van der Waals surface area contributed by atoms with E-state index in [9.17, 15) is 0 Å². The van der Waals surface area contributed by atoms with Crippen molar-refractivity contribution in [2.24, 2.45) is 5.41 Å². The molecule has 0 amide bonds. The minimum Gasteiger partial charge on any atom is -0.317 e. The minimum atomic E-state index is 0.385. The van der Waals surface area contributed by atoms with Crippen LogP contribution in [0, 0.1) is 5.41 Å². The molecule has 1 aliphatic heterocycles. The second kappa shape index (κ2) is 5.22. The third-order valence-electron chi connectivity index (χ3n) is 3.52. The summed E-state index contributed by atoms with van der Waals surface area (Å²) in [6.07, 6.45) is 3.75. The Morgan fingerprint density at radius 1 is 1.06 bits per heavy atom. The summed E-state index contributed by atoms with van der Waals surface area (Å²) in [7, 11) is 0. The summed E-state index contributed by atoms with van der Waals surface area (Å²) in [5.41, 5.74) is 3.38. The zero-order chi connectivity index (χ0) is 12.3. The molecule has 1 aromatic rings. The van der Waals surface area contributed by atoms with Crippen molar-refractivity contribution in [3.05, 3.63) is 35.4 Å². The fraction of sp³-hybridized carbons (Fsp3) is 0.625. The molecule has 0 radical (unpaired) electrons. The zero-order valence-electron chi connectivity index (χ0n) is 11.4. The van der Waals surface area contributed by atoms with Gasteiger partial charge in [0.05, 0.1) is 0 Å². The molecule has 17 heavy (non-hydrogen) atoms. The molecule has 1 heterocycles. The average Bonchev–Trinajstić information content (AvgIpc) is 2.29. The first-order valence-electron chi connectivity index (χ1n) is 6.84. The van der Waals surface area contributed by atoms with Crippen LogP contribution in [-0.2, 0) is 6.42 Å². The summed E-state index contributed by atoms with van der Waals surface area (Å²) >= 11 is 0. The number of benzene rings is 1. The first kappa shape index (κ1) is 12.6. The standard InChI is InChI=1S/C16H25N/c1-16(2,3)12-13-4-6-14(7-5-13)15-8-10-17-11-9-15/h4-7,15,17H,8-12H2,1-3H3. The van der Waals surface area contributed by atoms with Gasteiger partial charge in [0, 0.05) is 0 Å². The molecular weight excluding hydrogens is 206 g/mol. The van der Waals surface area contributed by atoms with E-state index in [-0.39, 0.29) is 0 Å². The summed E-state index contributed by atoms with van der Waals surface area (Å²) in [5.74, 6) is 0.778. The zero-order valence-corrected chi connectivity index (χ0v) is 11.4. The molecule has 0 saturated carbocycles. The highest BCUT2D eigenvalue weighted by Crippen LogP contribution is 2.27. The molecule has 1 aromatic carbocycles. The van der Waals surface area contributed by atoms with Gasteiger partial charge in [-0.3, -0.25) is 0 Å². The fourth-order valence-corrected chi connectivity index (χ4v) is 2.68. The molecule has 0 bridgehead atoms. The van der Waals surface area contributed by atoms with E-state index >= 15 is 0 Å². The predicted molar refractivity (Wildman–Crippen MR) is 74.4 cm³/mol. The van der Waals surface area contributed by atoms with Crippen LogP contribution in [0.4, 0.5) is 0 Å². The average molecular weight is 231 g/mol. The molecule has 94 valence electrons. The molecule has 0 aromatic heterocycles. The van der Waals surface area contributed by atoms with Gasteiger partial charge in [-0.2, -0.15) is 0 Å². The van der Waals surface area contributed by atoms with Crippen LogP contribution in [0.25, 0.3) is 0 Å². The Labute approximate surface area is 106 Å². The Balaban J connectivity index is 2.02. The summed E-state index contributed by atoms with van der Waals surface area (Å²) in [6, 6.07) is 9.33. The molecule has 1 fully saturated rings. The SMILES string of the molecule is CC(C)(C)Cc1ccc(C2CCNCC2)cc1. The van der Waals surface area contributed by atoms with Crippen molar-refractivity contribution < 1.29 is 0 Å². The second-order valence-corrected chi connectivity index (χ2v) is 6.50. The van der Waals surface area contributed by atoms with Crippen molar-refractivity contribution in [3.8, 4) is 0 Å². The lowest BCUT2D eigenvalue weighted by Crippen LogP contribution is -2.26. The molecule has 1 heteroatoms. The Kier molecular flexibility index (Phi) is 3.88. The van der Waals surface area contributed by atoms with Crippen molar-refractivity contribution in [1.29, 1.82) is 0 Å². The molecule has 0 atom stereocenters. The Bertz CT molecular complexity index is 339. The number of rotatable bonds is 2. The molecule has 1 N–H and O–H groups in total. The maximum absolute atomic E-state index is 3.43. The second-order valence-electron chi connectivity index (χ2n) is 6.50. The van der Waals surface area contributed by atoms with Gasteiger partial charge in [0.2, 0.25) is 0 Å². The van der Waals surface area contributed by atoms with Crippen LogP contribution in [-0.4, -0.2) is 13.1 Å². The first-order chi connectivity index (χ1) is 8.04. The predicted octanol–water partition coefficient (Wildman–Crippen LogP) is 3.74. The van der Waals surface area contributed by atoms with Crippen LogP contribution in [0.15, 0.2) is 24.3 Å². The third-order valence-corrected chi connectivity index (χ3v) is 3.52. The quantitative estimate of drug-likeness (QED) is 0.817. The van der Waals surface area contributed by atoms with Crippen molar-refractivity contribution in [1.82, 2.24) is 5.32 Å². The third kappa shape index (κ3) is 3.85. The molecule has 1 nitrogen and oxygen atoms in total. The largest absolute Gasteiger partial charge is 0.317 e. The van der Waals surface area contributed by atoms with Gasteiger partial charge < -0.3 is 5.32 Å². The highest BCUT2D eigenvalue weighted by atomic mass is 14.9. The van der Waals surface area contributed by atoms with Crippen LogP contribution in [0.3, 0.4) is 0 Å². The molecule has 1 saturated heterocycles. The number of nitrogens with one attached hydrogen (secondary N) is 1. The van der Waals surface area contributed by atoms with Crippen molar-refractivity contribution >= 4 is 0 Å². The highest BCUT2D eigenvalue weighted by molar-refractivity contribution is 5.26. The molecule has 2 rings (SSSR count). The lowest BCUT2D eigenvalue weighted by Gasteiger charge is -2.23. The van der Waals surface area contributed by atoms with Gasteiger partial charge in [-0.15, -0.1) is 0 Å². The number of hydrogen-bond donors (Lipinski definition) is 1. The van der Waals surface area contributed by atoms with E-state index in [4.69, 9.17) is 0 Å². The van der Waals surface area contributed by atoms with E-state index < -0.39 is 0 Å². The van der Waals surface area contributed by atoms with E-state index in [2.05, 4.69) is 50.4 Å². The molecule has 1 aliphatic rings. The topological polar surface area (TPSA) is 12.0 Å². The van der Waals surface area contributed by atoms with E-state index in [1.165, 1.54) is 43.5 Å². The lowest BCUT2D eigenvalue weighted by atomic mass is 9.86. The Morgan fingerprint density at radius 3 is 2.18 bits per heavy atom. The highest BCUT2D eigenvalue weighted by Gasteiger charge is 2.15. The van der Waals surface area contributed by atoms with Gasteiger partial charge in [0.15, 0.2) is 0 Å². The molecule has 0 unspecified atom stereocenters. The van der Waals surface area contributed by atoms with Gasteiger partial charge >= 0.3 is 0 Å². The van der Waals surface area contributed by atoms with E-state index in [0.29, 0.717) is 5.41 Å². The van der Waals surface area contributed by atoms with Crippen molar-refractivity contribution in [2.45, 2.75) is 46.0 Å².